The Labute approximate surface area is 403 Å². The SMILES string of the molecule is Br.O=[P+](O)O.PC(c1ccccc1)(c1ccccc1)c1ccccc1.PC(c1ccccc1)(c1ccccc1)c1ccccc1.PC(c1ccccc1)(c1ccccc1)c1ccccc1. The average Bonchev–Trinajstić information content (AvgIpc) is 3.38. The van der Waals surface area contributed by atoms with Gasteiger partial charge in [-0.2, -0.15) is 0 Å². The first-order valence-corrected chi connectivity index (χ1v) is 23.8. The summed E-state index contributed by atoms with van der Waals surface area (Å²) < 4.78 is 8.70. The number of hydrogen-bond donors (Lipinski definition) is 2. The quantitative estimate of drug-likeness (QED) is 0.112. The van der Waals surface area contributed by atoms with Gasteiger partial charge in [-0.15, -0.1) is 54.5 Å². The van der Waals surface area contributed by atoms with E-state index in [-0.39, 0.29) is 32.4 Å². The van der Waals surface area contributed by atoms with Crippen LogP contribution in [0.3, 0.4) is 0 Å². The van der Waals surface area contributed by atoms with Crippen LogP contribution in [0.5, 0.6) is 0 Å². The third kappa shape index (κ3) is 13.0. The number of benzene rings is 9. The molecule has 326 valence electrons. The molecule has 8 heteroatoms. The van der Waals surface area contributed by atoms with Gasteiger partial charge in [0.05, 0.1) is 15.5 Å². The van der Waals surface area contributed by atoms with Crippen molar-refractivity contribution >= 4 is 53.0 Å². The molecule has 0 radical (unpaired) electrons. The van der Waals surface area contributed by atoms with Crippen LogP contribution < -0.4 is 0 Å². The predicted molar refractivity (Wildman–Crippen MR) is 289 cm³/mol. The van der Waals surface area contributed by atoms with Crippen molar-refractivity contribution in [1.29, 1.82) is 0 Å². The van der Waals surface area contributed by atoms with E-state index in [1.165, 1.54) is 50.1 Å². The standard InChI is InChI=1S/3C19H17P.BrH.HO3P/c3*20-19(16-10-4-1-5-11-16,17-12-6-2-7-13-17)18-14-8-3-9-15-18;;1-4(2)3/h3*1-15H,20H2;1H;(H-,1,2,3)/p+1. The monoisotopic (exact) mass is 989 g/mol. The van der Waals surface area contributed by atoms with Crippen molar-refractivity contribution in [2.24, 2.45) is 0 Å². The van der Waals surface area contributed by atoms with E-state index in [2.05, 4.69) is 301 Å². The molecule has 0 aliphatic heterocycles. The van der Waals surface area contributed by atoms with E-state index < -0.39 is 8.25 Å². The van der Waals surface area contributed by atoms with E-state index in [9.17, 15) is 0 Å². The number of halogens is 1. The lowest BCUT2D eigenvalue weighted by Crippen LogP contribution is -2.21. The van der Waals surface area contributed by atoms with E-state index in [4.69, 9.17) is 14.4 Å². The van der Waals surface area contributed by atoms with Crippen LogP contribution in [0, 0.1) is 0 Å². The Morgan fingerprint density at radius 2 is 0.323 bits per heavy atom. The van der Waals surface area contributed by atoms with Gasteiger partial charge in [-0.25, -0.2) is 0 Å². The van der Waals surface area contributed by atoms with E-state index in [0.717, 1.165) is 0 Å². The molecule has 65 heavy (non-hydrogen) atoms. The van der Waals surface area contributed by atoms with Crippen LogP contribution in [-0.4, -0.2) is 9.79 Å². The third-order valence-electron chi connectivity index (χ3n) is 11.1. The predicted octanol–water partition coefficient (Wildman–Crippen LogP) is 14.8. The van der Waals surface area contributed by atoms with Crippen LogP contribution in [0.15, 0.2) is 273 Å². The maximum absolute atomic E-state index is 8.70. The Kier molecular flexibility index (Phi) is 19.9. The Hall–Kier alpha value is -5.23. The molecule has 0 bridgehead atoms. The Bertz CT molecular complexity index is 2110. The summed E-state index contributed by atoms with van der Waals surface area (Å²) in [7, 11) is 6.31. The van der Waals surface area contributed by atoms with Gasteiger partial charge in [0, 0.05) is 4.57 Å². The molecule has 3 atom stereocenters. The van der Waals surface area contributed by atoms with Crippen LogP contribution in [0.25, 0.3) is 0 Å². The first-order chi connectivity index (χ1) is 31.2. The van der Waals surface area contributed by atoms with Crippen molar-refractivity contribution in [1.82, 2.24) is 0 Å². The molecule has 0 aliphatic rings. The maximum atomic E-state index is 8.70. The Balaban J connectivity index is 0.000000174. The summed E-state index contributed by atoms with van der Waals surface area (Å²) in [6.45, 7) is 0. The highest BCUT2D eigenvalue weighted by molar-refractivity contribution is 8.93. The van der Waals surface area contributed by atoms with Gasteiger partial charge in [0.15, 0.2) is 0 Å². The van der Waals surface area contributed by atoms with Crippen LogP contribution in [0.2, 0.25) is 0 Å². The number of rotatable bonds is 9. The van der Waals surface area contributed by atoms with Gasteiger partial charge < -0.3 is 0 Å². The molecule has 9 rings (SSSR count). The lowest BCUT2D eigenvalue weighted by atomic mass is 9.84. The molecular formula is C57H54BrO3P4+. The topological polar surface area (TPSA) is 57.5 Å². The normalized spacial score (nSPS) is 10.8. The molecule has 0 fully saturated rings. The fourth-order valence-corrected chi connectivity index (χ4v) is 9.54. The lowest BCUT2D eigenvalue weighted by Gasteiger charge is -2.31. The van der Waals surface area contributed by atoms with Crippen LogP contribution in [0.4, 0.5) is 0 Å². The molecule has 0 amide bonds. The van der Waals surface area contributed by atoms with Crippen molar-refractivity contribution in [3.05, 3.63) is 323 Å². The zero-order chi connectivity index (χ0) is 45.1. The van der Waals surface area contributed by atoms with E-state index in [1.54, 1.807) is 0 Å². The first-order valence-electron chi connectivity index (χ1n) is 20.9. The van der Waals surface area contributed by atoms with Gasteiger partial charge in [0.2, 0.25) is 0 Å². The molecule has 3 nitrogen and oxygen atoms in total. The van der Waals surface area contributed by atoms with E-state index in [0.29, 0.717) is 0 Å². The first kappa shape index (κ1) is 50.8. The highest BCUT2D eigenvalue weighted by atomic mass is 79.9. The van der Waals surface area contributed by atoms with Crippen molar-refractivity contribution < 1.29 is 14.4 Å². The maximum Gasteiger partial charge on any atom is 0.692 e. The highest BCUT2D eigenvalue weighted by Crippen LogP contribution is 2.47. The summed E-state index contributed by atoms with van der Waals surface area (Å²) in [6.07, 6.45) is 0. The van der Waals surface area contributed by atoms with Crippen LogP contribution in [-0.2, 0) is 20.0 Å². The Morgan fingerprint density at radius 3 is 0.400 bits per heavy atom. The lowest BCUT2D eigenvalue weighted by molar-refractivity contribution is 0.405. The molecule has 3 unspecified atom stereocenters. The van der Waals surface area contributed by atoms with Gasteiger partial charge >= 0.3 is 8.25 Å². The van der Waals surface area contributed by atoms with Crippen LogP contribution in [0.1, 0.15) is 50.1 Å². The molecular weight excluding hydrogens is 936 g/mol. The second-order valence-corrected chi connectivity index (χ2v) is 18.1. The van der Waals surface area contributed by atoms with Gasteiger partial charge in [0.25, 0.3) is 0 Å². The molecule has 0 heterocycles. The van der Waals surface area contributed by atoms with Crippen molar-refractivity contribution in [2.45, 2.75) is 15.5 Å². The zero-order valence-corrected chi connectivity index (χ0v) is 41.9. The smallest absolute Gasteiger partial charge is 0.134 e. The van der Waals surface area contributed by atoms with Gasteiger partial charge in [-0.05, 0) is 50.1 Å². The molecule has 0 aliphatic carbocycles. The van der Waals surface area contributed by atoms with E-state index >= 15 is 0 Å². The molecule has 9 aromatic carbocycles. The minimum absolute atomic E-state index is 0. The third-order valence-corrected chi connectivity index (χ3v) is 14.1. The van der Waals surface area contributed by atoms with Crippen molar-refractivity contribution in [3.63, 3.8) is 0 Å². The van der Waals surface area contributed by atoms with Crippen LogP contribution >= 0.6 is 53.0 Å². The zero-order valence-electron chi connectivity index (χ0n) is 35.9. The minimum atomic E-state index is -2.87. The van der Waals surface area contributed by atoms with Crippen molar-refractivity contribution in [2.75, 3.05) is 0 Å². The molecule has 0 aromatic heterocycles. The fourth-order valence-electron chi connectivity index (χ4n) is 7.81. The average molecular weight is 991 g/mol. The molecule has 0 saturated carbocycles. The fraction of sp³-hybridized carbons (Fsp3) is 0.0526. The molecule has 0 saturated heterocycles. The second kappa shape index (κ2) is 25.5. The Morgan fingerprint density at radius 1 is 0.246 bits per heavy atom. The minimum Gasteiger partial charge on any atom is -0.134 e. The summed E-state index contributed by atoms with van der Waals surface area (Å²) in [4.78, 5) is 14.2. The van der Waals surface area contributed by atoms with Gasteiger partial charge in [-0.1, -0.05) is 273 Å². The van der Waals surface area contributed by atoms with Gasteiger partial charge in [-0.3, -0.25) is 0 Å². The second-order valence-electron chi connectivity index (χ2n) is 15.0. The van der Waals surface area contributed by atoms with E-state index in [1.807, 2.05) is 0 Å². The molecule has 0 spiro atoms. The summed E-state index contributed by atoms with van der Waals surface area (Å²) >= 11 is 0. The van der Waals surface area contributed by atoms with Crippen molar-refractivity contribution in [3.8, 4) is 0 Å². The summed E-state index contributed by atoms with van der Waals surface area (Å²) in [6, 6.07) is 95.7. The highest BCUT2D eigenvalue weighted by Gasteiger charge is 2.33. The summed E-state index contributed by atoms with van der Waals surface area (Å²) in [5, 5.41) is -0.614. The van der Waals surface area contributed by atoms with Gasteiger partial charge in [0.1, 0.15) is 0 Å². The summed E-state index contributed by atoms with van der Waals surface area (Å²) in [5.41, 5.74) is 11.5. The number of hydrogen-bond acceptors (Lipinski definition) is 1. The largest absolute Gasteiger partial charge is 0.692 e. The molecule has 9 aromatic rings. The molecule has 2 N–H and O–H groups in total. The summed E-state index contributed by atoms with van der Waals surface area (Å²) in [5.74, 6) is 0.